The number of benzene rings is 2. The van der Waals surface area contributed by atoms with Crippen molar-refractivity contribution in [1.29, 1.82) is 0 Å². The molecule has 2 aromatic carbocycles. The van der Waals surface area contributed by atoms with Crippen LogP contribution in [-0.4, -0.2) is 30.4 Å². The second-order valence-electron chi connectivity index (χ2n) is 7.52. The van der Waals surface area contributed by atoms with Crippen LogP contribution in [0.5, 0.6) is 0 Å². The lowest BCUT2D eigenvalue weighted by Crippen LogP contribution is -2.08. The molecular formula is C23H18Cl2N2O5S. The summed E-state index contributed by atoms with van der Waals surface area (Å²) < 4.78 is 26.9. The lowest BCUT2D eigenvalue weighted by molar-refractivity contribution is -0.137. The van der Waals surface area contributed by atoms with Crippen LogP contribution in [0.25, 0.3) is 11.6 Å². The average molecular weight is 505 g/mol. The number of rotatable bonds is 6. The maximum atomic E-state index is 13.5. The number of carboxylic acids is 1. The van der Waals surface area contributed by atoms with Gasteiger partial charge in [0.15, 0.2) is 0 Å². The molecule has 0 aliphatic carbocycles. The molecule has 2 heterocycles. The van der Waals surface area contributed by atoms with E-state index < -0.39 is 15.8 Å². The minimum atomic E-state index is -3.99. The highest BCUT2D eigenvalue weighted by molar-refractivity contribution is 7.91. The topological polar surface area (TPSA) is 116 Å². The van der Waals surface area contributed by atoms with Crippen molar-refractivity contribution in [3.8, 4) is 0 Å². The maximum Gasteiger partial charge on any atom is 0.303 e. The molecule has 4 rings (SSSR count). The number of carbonyl (C=O) groups is 2. The molecule has 10 heteroatoms. The Kier molecular flexibility index (Phi) is 6.09. The van der Waals surface area contributed by atoms with E-state index in [1.165, 1.54) is 30.3 Å². The lowest BCUT2D eigenvalue weighted by atomic mass is 10.0. The summed E-state index contributed by atoms with van der Waals surface area (Å²) in [5.74, 6) is -1.44. The van der Waals surface area contributed by atoms with Gasteiger partial charge in [0.2, 0.25) is 9.84 Å². The molecule has 3 aromatic rings. The van der Waals surface area contributed by atoms with Crippen LogP contribution in [0, 0.1) is 6.92 Å². The Bertz CT molecular complexity index is 1420. The number of hydrogen-bond donors (Lipinski definition) is 3. The van der Waals surface area contributed by atoms with Gasteiger partial charge in [-0.3, -0.25) is 9.59 Å². The van der Waals surface area contributed by atoms with Crippen molar-refractivity contribution >= 4 is 62.3 Å². The molecule has 1 aliphatic rings. The lowest BCUT2D eigenvalue weighted by Gasteiger charge is -2.08. The van der Waals surface area contributed by atoms with Gasteiger partial charge in [-0.1, -0.05) is 23.2 Å². The number of aromatic nitrogens is 1. The van der Waals surface area contributed by atoms with Crippen LogP contribution in [-0.2, 0) is 25.8 Å². The minimum absolute atomic E-state index is 0.0114. The Balaban J connectivity index is 1.90. The Labute approximate surface area is 200 Å². The first-order valence-corrected chi connectivity index (χ1v) is 12.1. The average Bonchev–Trinajstić information content (AvgIpc) is 3.23. The van der Waals surface area contributed by atoms with Crippen LogP contribution in [0.4, 0.5) is 5.69 Å². The van der Waals surface area contributed by atoms with Crippen LogP contribution in [0.3, 0.4) is 0 Å². The number of halogens is 2. The molecule has 0 spiro atoms. The second-order valence-corrected chi connectivity index (χ2v) is 10.3. The summed E-state index contributed by atoms with van der Waals surface area (Å²) in [6, 6.07) is 10.7. The molecule has 0 fully saturated rings. The van der Waals surface area contributed by atoms with Crippen molar-refractivity contribution in [2.24, 2.45) is 0 Å². The highest BCUT2D eigenvalue weighted by atomic mass is 35.5. The van der Waals surface area contributed by atoms with E-state index >= 15 is 0 Å². The SMILES string of the molecule is Cc1[nH]c(/C=C2\C(=O)Nc3ccc(Cl)cc32)c(CCC(=O)O)c1S(=O)(=O)c1ccc(Cl)cc1. The third-order valence-corrected chi connectivity index (χ3v) is 7.77. The van der Waals surface area contributed by atoms with Gasteiger partial charge in [0.05, 0.1) is 15.4 Å². The van der Waals surface area contributed by atoms with Gasteiger partial charge >= 0.3 is 5.97 Å². The van der Waals surface area contributed by atoms with E-state index in [9.17, 15) is 23.1 Å². The maximum absolute atomic E-state index is 13.5. The Morgan fingerprint density at radius 2 is 1.76 bits per heavy atom. The third kappa shape index (κ3) is 4.42. The molecular weight excluding hydrogens is 487 g/mol. The van der Waals surface area contributed by atoms with Gasteiger partial charge in [0.25, 0.3) is 5.91 Å². The smallest absolute Gasteiger partial charge is 0.303 e. The number of aliphatic carboxylic acids is 1. The molecule has 0 bridgehead atoms. The zero-order valence-corrected chi connectivity index (χ0v) is 19.6. The van der Waals surface area contributed by atoms with Crippen molar-refractivity contribution in [3.63, 3.8) is 0 Å². The van der Waals surface area contributed by atoms with Crippen LogP contribution in [0.15, 0.2) is 52.3 Å². The summed E-state index contributed by atoms with van der Waals surface area (Å²) in [7, 11) is -3.99. The van der Waals surface area contributed by atoms with Crippen LogP contribution in [0.2, 0.25) is 10.0 Å². The number of hydrogen-bond acceptors (Lipinski definition) is 4. The monoisotopic (exact) mass is 504 g/mol. The van der Waals surface area contributed by atoms with Crippen molar-refractivity contribution in [2.75, 3.05) is 5.32 Å². The quantitative estimate of drug-likeness (QED) is 0.409. The number of amides is 1. The predicted octanol–water partition coefficient (Wildman–Crippen LogP) is 4.97. The van der Waals surface area contributed by atoms with E-state index in [0.717, 1.165) is 0 Å². The molecule has 0 unspecified atom stereocenters. The number of fused-ring (bicyclic) bond motifs is 1. The number of sulfone groups is 1. The highest BCUT2D eigenvalue weighted by Crippen LogP contribution is 2.37. The molecule has 7 nitrogen and oxygen atoms in total. The molecule has 1 amide bonds. The summed E-state index contributed by atoms with van der Waals surface area (Å²) in [4.78, 5) is 26.9. The van der Waals surface area contributed by atoms with E-state index in [4.69, 9.17) is 23.2 Å². The van der Waals surface area contributed by atoms with Crippen LogP contribution >= 0.6 is 23.2 Å². The summed E-state index contributed by atoms with van der Waals surface area (Å²) in [5, 5.41) is 12.8. The molecule has 0 atom stereocenters. The Hall–Kier alpha value is -3.07. The van der Waals surface area contributed by atoms with Gasteiger partial charge in [0.1, 0.15) is 0 Å². The van der Waals surface area contributed by atoms with Crippen molar-refractivity contribution in [2.45, 2.75) is 29.6 Å². The number of H-pyrrole nitrogens is 1. The predicted molar refractivity (Wildman–Crippen MR) is 126 cm³/mol. The number of carboxylic acid groups (broad SMARTS) is 1. The van der Waals surface area contributed by atoms with Crippen molar-refractivity contribution in [3.05, 3.63) is 75.0 Å². The van der Waals surface area contributed by atoms with E-state index in [1.807, 2.05) is 0 Å². The van der Waals surface area contributed by atoms with Crippen LogP contribution < -0.4 is 5.32 Å². The summed E-state index contributed by atoms with van der Waals surface area (Å²) in [6.07, 6.45) is 1.19. The van der Waals surface area contributed by atoms with Gasteiger partial charge in [-0.2, -0.15) is 0 Å². The number of carbonyl (C=O) groups excluding carboxylic acids is 1. The van der Waals surface area contributed by atoms with E-state index in [1.54, 1.807) is 25.1 Å². The second kappa shape index (κ2) is 8.70. The molecule has 0 saturated carbocycles. The first-order valence-electron chi connectivity index (χ1n) is 9.85. The first kappa shape index (κ1) is 23.1. The van der Waals surface area contributed by atoms with Gasteiger partial charge < -0.3 is 15.4 Å². The minimum Gasteiger partial charge on any atom is -0.481 e. The van der Waals surface area contributed by atoms with Crippen LogP contribution in [0.1, 0.15) is 28.9 Å². The zero-order chi connectivity index (χ0) is 23.9. The number of anilines is 1. The number of aromatic amines is 1. The first-order chi connectivity index (χ1) is 15.6. The molecule has 170 valence electrons. The van der Waals surface area contributed by atoms with E-state index in [2.05, 4.69) is 10.3 Å². The zero-order valence-electron chi connectivity index (χ0n) is 17.3. The highest BCUT2D eigenvalue weighted by Gasteiger charge is 2.30. The summed E-state index contributed by atoms with van der Waals surface area (Å²) >= 11 is 12.0. The molecule has 1 aromatic heterocycles. The molecule has 0 saturated heterocycles. The Morgan fingerprint density at radius 3 is 2.42 bits per heavy atom. The number of nitrogens with one attached hydrogen (secondary N) is 2. The fraction of sp³-hybridized carbons (Fsp3) is 0.130. The Morgan fingerprint density at radius 1 is 1.09 bits per heavy atom. The van der Waals surface area contributed by atoms with Gasteiger partial charge in [-0.25, -0.2) is 8.42 Å². The summed E-state index contributed by atoms with van der Waals surface area (Å²) in [6.45, 7) is 1.59. The van der Waals surface area contributed by atoms with Crippen molar-refractivity contribution in [1.82, 2.24) is 4.98 Å². The molecule has 3 N–H and O–H groups in total. The molecule has 33 heavy (non-hydrogen) atoms. The normalized spacial score (nSPS) is 14.4. The fourth-order valence-electron chi connectivity index (χ4n) is 3.83. The number of aryl methyl sites for hydroxylation is 1. The molecule has 0 radical (unpaired) electrons. The van der Waals surface area contributed by atoms with Gasteiger partial charge in [0, 0.05) is 39.1 Å². The van der Waals surface area contributed by atoms with E-state index in [0.29, 0.717) is 43.8 Å². The van der Waals surface area contributed by atoms with Gasteiger partial charge in [-0.15, -0.1) is 0 Å². The summed E-state index contributed by atoms with van der Waals surface area (Å²) in [5.41, 5.74) is 2.42. The largest absolute Gasteiger partial charge is 0.481 e. The van der Waals surface area contributed by atoms with Crippen molar-refractivity contribution < 1.29 is 23.1 Å². The molecule has 1 aliphatic heterocycles. The van der Waals surface area contributed by atoms with Gasteiger partial charge in [-0.05, 0) is 67.4 Å². The standard InChI is InChI=1S/C23H18Cl2N2O5S/c1-12-22(33(31,32)15-5-2-13(24)3-6-15)16(7-9-21(28)29)20(26-12)11-18-17-10-14(25)4-8-19(17)27-23(18)30/h2-6,8,10-11,26H,7,9H2,1H3,(H,27,30)(H,28,29)/b18-11-. The fourth-order valence-corrected chi connectivity index (χ4v) is 5.85. The van der Waals surface area contributed by atoms with E-state index in [-0.39, 0.29) is 28.5 Å². The third-order valence-electron chi connectivity index (χ3n) is 5.30.